The van der Waals surface area contributed by atoms with Gasteiger partial charge in [-0.15, -0.1) is 0 Å². The summed E-state index contributed by atoms with van der Waals surface area (Å²) in [6.45, 7) is 4.54. The molecule has 0 atom stereocenters. The monoisotopic (exact) mass is 446 g/mol. The molecule has 0 fully saturated rings. The van der Waals surface area contributed by atoms with Gasteiger partial charge >= 0.3 is 0 Å². The Kier molecular flexibility index (Phi) is 9.01. The normalized spacial score (nSPS) is 10.4. The molecular weight excluding hydrogens is 420 g/mol. The molecule has 2 aromatic rings. The van der Waals surface area contributed by atoms with E-state index in [1.807, 2.05) is 6.07 Å². The van der Waals surface area contributed by atoms with Gasteiger partial charge in [0.1, 0.15) is 5.75 Å². The Labute approximate surface area is 175 Å². The minimum Gasteiger partial charge on any atom is -0.493 e. The summed E-state index contributed by atoms with van der Waals surface area (Å²) in [5, 5.41) is 5.66. The van der Waals surface area contributed by atoms with Crippen LogP contribution in [0.3, 0.4) is 0 Å². The number of rotatable bonds is 10. The molecule has 2 amide bonds. The van der Waals surface area contributed by atoms with E-state index in [0.717, 1.165) is 17.3 Å². The molecule has 0 heterocycles. The van der Waals surface area contributed by atoms with Crippen molar-refractivity contribution < 1.29 is 14.3 Å². The molecule has 0 aliphatic heterocycles. The van der Waals surface area contributed by atoms with Gasteiger partial charge < -0.3 is 15.4 Å². The van der Waals surface area contributed by atoms with Crippen LogP contribution in [0.1, 0.15) is 56.3 Å². The van der Waals surface area contributed by atoms with Crippen LogP contribution in [0, 0.1) is 0 Å². The summed E-state index contributed by atoms with van der Waals surface area (Å²) in [5.41, 5.74) is 1.71. The van der Waals surface area contributed by atoms with E-state index in [0.29, 0.717) is 35.7 Å². The maximum absolute atomic E-state index is 12.8. The minimum absolute atomic E-state index is 0.0748. The molecule has 0 spiro atoms. The van der Waals surface area contributed by atoms with E-state index < -0.39 is 0 Å². The summed E-state index contributed by atoms with van der Waals surface area (Å²) in [6.07, 6.45) is 4.83. The fourth-order valence-corrected chi connectivity index (χ4v) is 3.00. The number of benzene rings is 2. The highest BCUT2D eigenvalue weighted by molar-refractivity contribution is 9.10. The van der Waals surface area contributed by atoms with Gasteiger partial charge in [0.2, 0.25) is 5.91 Å². The summed E-state index contributed by atoms with van der Waals surface area (Å²) >= 11 is 3.42. The van der Waals surface area contributed by atoms with Crippen molar-refractivity contribution in [2.24, 2.45) is 0 Å². The largest absolute Gasteiger partial charge is 0.493 e. The third-order valence-electron chi connectivity index (χ3n) is 4.17. The van der Waals surface area contributed by atoms with Crippen LogP contribution >= 0.6 is 15.9 Å². The van der Waals surface area contributed by atoms with Crippen molar-refractivity contribution in [1.82, 2.24) is 0 Å². The van der Waals surface area contributed by atoms with Crippen molar-refractivity contribution in [1.29, 1.82) is 0 Å². The molecule has 0 aliphatic carbocycles. The maximum atomic E-state index is 12.8. The molecule has 0 aliphatic rings. The molecule has 2 rings (SSSR count). The lowest BCUT2D eigenvalue weighted by Crippen LogP contribution is -2.15. The number of carbonyl (C=O) groups is 2. The van der Waals surface area contributed by atoms with Crippen molar-refractivity contribution in [2.75, 3.05) is 17.2 Å². The number of halogens is 1. The fourth-order valence-electron chi connectivity index (χ4n) is 2.64. The summed E-state index contributed by atoms with van der Waals surface area (Å²) < 4.78 is 6.66. The standard InChI is InChI=1S/C22H27BrN2O3/c1-3-5-6-7-13-28-20-12-11-16(23)14-19(20)22(27)25-18-10-8-9-17(15-18)24-21(26)4-2/h8-12,14-15H,3-7,13H2,1-2H3,(H,24,26)(H,25,27). The van der Waals surface area contributed by atoms with Crippen molar-refractivity contribution in [3.05, 3.63) is 52.5 Å². The molecule has 150 valence electrons. The Morgan fingerprint density at radius 3 is 2.43 bits per heavy atom. The van der Waals surface area contributed by atoms with Crippen molar-refractivity contribution in [2.45, 2.75) is 46.0 Å². The highest BCUT2D eigenvalue weighted by Crippen LogP contribution is 2.25. The first-order valence-electron chi connectivity index (χ1n) is 9.67. The zero-order chi connectivity index (χ0) is 20.4. The molecular formula is C22H27BrN2O3. The predicted octanol–water partition coefficient (Wildman–Crippen LogP) is 6.01. The smallest absolute Gasteiger partial charge is 0.259 e. The van der Waals surface area contributed by atoms with E-state index in [4.69, 9.17) is 4.74 Å². The first kappa shape index (κ1) is 22.0. The van der Waals surface area contributed by atoms with Crippen molar-refractivity contribution >= 4 is 39.1 Å². The predicted molar refractivity (Wildman–Crippen MR) is 117 cm³/mol. The van der Waals surface area contributed by atoms with E-state index in [2.05, 4.69) is 33.5 Å². The highest BCUT2D eigenvalue weighted by atomic mass is 79.9. The Balaban J connectivity index is 2.08. The van der Waals surface area contributed by atoms with E-state index in [1.165, 1.54) is 12.8 Å². The minimum atomic E-state index is -0.260. The molecule has 5 nitrogen and oxygen atoms in total. The number of unbranched alkanes of at least 4 members (excludes halogenated alkanes) is 3. The lowest BCUT2D eigenvalue weighted by Gasteiger charge is -2.13. The van der Waals surface area contributed by atoms with Gasteiger partial charge in [-0.05, 0) is 42.8 Å². The Morgan fingerprint density at radius 2 is 1.71 bits per heavy atom. The van der Waals surface area contributed by atoms with E-state index in [-0.39, 0.29) is 11.8 Å². The van der Waals surface area contributed by atoms with Gasteiger partial charge in [-0.3, -0.25) is 9.59 Å². The van der Waals surface area contributed by atoms with Crippen LogP contribution in [-0.2, 0) is 4.79 Å². The quantitative estimate of drug-likeness (QED) is 0.439. The van der Waals surface area contributed by atoms with Gasteiger partial charge in [0, 0.05) is 22.3 Å². The zero-order valence-electron chi connectivity index (χ0n) is 16.4. The SMILES string of the molecule is CCCCCCOc1ccc(Br)cc1C(=O)Nc1cccc(NC(=O)CC)c1. The Morgan fingerprint density at radius 1 is 0.964 bits per heavy atom. The second-order valence-electron chi connectivity index (χ2n) is 6.49. The Hall–Kier alpha value is -2.34. The average molecular weight is 447 g/mol. The number of hydrogen-bond donors (Lipinski definition) is 2. The van der Waals surface area contributed by atoms with Gasteiger partial charge in [0.25, 0.3) is 5.91 Å². The van der Waals surface area contributed by atoms with E-state index in [9.17, 15) is 9.59 Å². The second kappa shape index (κ2) is 11.5. The molecule has 0 saturated carbocycles. The average Bonchev–Trinajstić information content (AvgIpc) is 2.68. The summed E-state index contributed by atoms with van der Waals surface area (Å²) in [4.78, 5) is 24.4. The topological polar surface area (TPSA) is 67.4 Å². The summed E-state index contributed by atoms with van der Waals surface area (Å²) in [7, 11) is 0. The number of hydrogen-bond acceptors (Lipinski definition) is 3. The molecule has 0 aromatic heterocycles. The molecule has 2 N–H and O–H groups in total. The molecule has 6 heteroatoms. The summed E-state index contributed by atoms with van der Waals surface area (Å²) in [5.74, 6) is 0.227. The molecule has 2 aromatic carbocycles. The van der Waals surface area contributed by atoms with Crippen LogP contribution in [0.4, 0.5) is 11.4 Å². The zero-order valence-corrected chi connectivity index (χ0v) is 18.0. The molecule has 28 heavy (non-hydrogen) atoms. The number of anilines is 2. The van der Waals surface area contributed by atoms with Gasteiger partial charge in [0.05, 0.1) is 12.2 Å². The van der Waals surface area contributed by atoms with Crippen LogP contribution < -0.4 is 15.4 Å². The van der Waals surface area contributed by atoms with Gasteiger partial charge in [0.15, 0.2) is 0 Å². The van der Waals surface area contributed by atoms with Crippen LogP contribution in [0.15, 0.2) is 46.9 Å². The Bertz CT molecular complexity index is 808. The first-order valence-corrected chi connectivity index (χ1v) is 10.5. The molecule has 0 bridgehead atoms. The number of amides is 2. The van der Waals surface area contributed by atoms with Crippen molar-refractivity contribution in [3.8, 4) is 5.75 Å². The van der Waals surface area contributed by atoms with Gasteiger partial charge in [-0.25, -0.2) is 0 Å². The lowest BCUT2D eigenvalue weighted by molar-refractivity contribution is -0.115. The molecule has 0 radical (unpaired) electrons. The highest BCUT2D eigenvalue weighted by Gasteiger charge is 2.14. The van der Waals surface area contributed by atoms with Gasteiger partial charge in [-0.1, -0.05) is 55.1 Å². The van der Waals surface area contributed by atoms with Gasteiger partial charge in [-0.2, -0.15) is 0 Å². The second-order valence-corrected chi connectivity index (χ2v) is 7.40. The molecule has 0 unspecified atom stereocenters. The van der Waals surface area contributed by atoms with Crippen molar-refractivity contribution in [3.63, 3.8) is 0 Å². The third kappa shape index (κ3) is 7.00. The summed E-state index contributed by atoms with van der Waals surface area (Å²) in [6, 6.07) is 12.5. The first-order chi connectivity index (χ1) is 13.5. The van der Waals surface area contributed by atoms with E-state index in [1.54, 1.807) is 43.3 Å². The maximum Gasteiger partial charge on any atom is 0.259 e. The molecule has 0 saturated heterocycles. The lowest BCUT2D eigenvalue weighted by atomic mass is 10.1. The number of nitrogens with one attached hydrogen (secondary N) is 2. The van der Waals surface area contributed by atoms with E-state index >= 15 is 0 Å². The van der Waals surface area contributed by atoms with Crippen LogP contribution in [0.5, 0.6) is 5.75 Å². The van der Waals surface area contributed by atoms with Crippen LogP contribution in [0.2, 0.25) is 0 Å². The fraction of sp³-hybridized carbons (Fsp3) is 0.364. The number of ether oxygens (including phenoxy) is 1. The van der Waals surface area contributed by atoms with Crippen LogP contribution in [0.25, 0.3) is 0 Å². The van der Waals surface area contributed by atoms with Crippen LogP contribution in [-0.4, -0.2) is 18.4 Å². The third-order valence-corrected chi connectivity index (χ3v) is 4.66. The number of carbonyl (C=O) groups excluding carboxylic acids is 2.